The van der Waals surface area contributed by atoms with E-state index in [0.717, 1.165) is 43.7 Å². The summed E-state index contributed by atoms with van der Waals surface area (Å²) in [6.07, 6.45) is 3.07. The Hall–Kier alpha value is -2.14. The molecule has 1 aliphatic rings. The summed E-state index contributed by atoms with van der Waals surface area (Å²) in [5.74, 6) is 0.470. The van der Waals surface area contributed by atoms with Gasteiger partial charge in [0.1, 0.15) is 5.69 Å². The van der Waals surface area contributed by atoms with E-state index in [4.69, 9.17) is 4.74 Å². The van der Waals surface area contributed by atoms with Crippen molar-refractivity contribution in [3.8, 4) is 11.3 Å². The summed E-state index contributed by atoms with van der Waals surface area (Å²) in [7, 11) is 0. The van der Waals surface area contributed by atoms with Crippen LogP contribution in [0.5, 0.6) is 0 Å². The Kier molecular flexibility index (Phi) is 5.08. The van der Waals surface area contributed by atoms with E-state index in [1.807, 2.05) is 12.1 Å². The van der Waals surface area contributed by atoms with Gasteiger partial charge in [0.2, 0.25) is 0 Å². The lowest BCUT2D eigenvalue weighted by Gasteiger charge is -2.07. The molecule has 2 N–H and O–H groups in total. The molecule has 1 saturated heterocycles. The smallest absolute Gasteiger partial charge is 0.269 e. The molecular weight excluding hydrogens is 290 g/mol. The fourth-order valence-electron chi connectivity index (χ4n) is 2.79. The molecule has 1 aromatic carbocycles. The van der Waals surface area contributed by atoms with Crippen molar-refractivity contribution in [3.63, 3.8) is 0 Å². The van der Waals surface area contributed by atoms with Crippen molar-refractivity contribution < 1.29 is 9.53 Å². The number of hydrogen-bond donors (Lipinski definition) is 2. The van der Waals surface area contributed by atoms with Gasteiger partial charge in [-0.3, -0.25) is 9.89 Å². The largest absolute Gasteiger partial charge is 0.381 e. The number of carbonyl (C=O) groups is 1. The molecule has 0 bridgehead atoms. The number of benzene rings is 1. The lowest BCUT2D eigenvalue weighted by molar-refractivity contribution is 0.0945. The molecule has 0 aliphatic carbocycles. The Morgan fingerprint density at radius 3 is 2.91 bits per heavy atom. The molecule has 1 aliphatic heterocycles. The van der Waals surface area contributed by atoms with Crippen LogP contribution in [0, 0.1) is 5.92 Å². The number of nitrogens with zero attached hydrogens (tertiary/aromatic N) is 1. The van der Waals surface area contributed by atoms with E-state index in [-0.39, 0.29) is 5.91 Å². The summed E-state index contributed by atoms with van der Waals surface area (Å²) in [5.41, 5.74) is 3.60. The van der Waals surface area contributed by atoms with Crippen molar-refractivity contribution in [1.82, 2.24) is 15.5 Å². The third-order valence-corrected chi connectivity index (χ3v) is 4.34. The van der Waals surface area contributed by atoms with Crippen LogP contribution in [0.4, 0.5) is 0 Å². The Bertz CT molecular complexity index is 643. The van der Waals surface area contributed by atoms with Gasteiger partial charge in [-0.25, -0.2) is 0 Å². The van der Waals surface area contributed by atoms with E-state index in [1.54, 1.807) is 6.07 Å². The van der Waals surface area contributed by atoms with Crippen LogP contribution in [-0.2, 0) is 11.2 Å². The highest BCUT2D eigenvalue weighted by atomic mass is 16.5. The molecule has 2 heterocycles. The molecule has 3 rings (SSSR count). The molecule has 1 atom stereocenters. The van der Waals surface area contributed by atoms with E-state index in [0.29, 0.717) is 18.2 Å². The minimum atomic E-state index is -0.104. The molecule has 0 spiro atoms. The molecule has 1 amide bonds. The average Bonchev–Trinajstić information content (AvgIpc) is 3.26. The number of ether oxygens (including phenoxy) is 1. The van der Waals surface area contributed by atoms with Gasteiger partial charge in [-0.15, -0.1) is 0 Å². The molecule has 0 unspecified atom stereocenters. The lowest BCUT2D eigenvalue weighted by Crippen LogP contribution is -2.26. The number of H-pyrrole nitrogens is 1. The summed E-state index contributed by atoms with van der Waals surface area (Å²) in [6.45, 7) is 4.47. The highest BCUT2D eigenvalue weighted by molar-refractivity contribution is 5.93. The minimum Gasteiger partial charge on any atom is -0.381 e. The van der Waals surface area contributed by atoms with Crippen molar-refractivity contribution in [2.24, 2.45) is 5.92 Å². The van der Waals surface area contributed by atoms with E-state index in [2.05, 4.69) is 34.6 Å². The number of aromatic nitrogens is 2. The van der Waals surface area contributed by atoms with Gasteiger partial charge in [-0.2, -0.15) is 5.10 Å². The Balaban J connectivity index is 1.55. The lowest BCUT2D eigenvalue weighted by atomic mass is 10.1. The average molecular weight is 313 g/mol. The molecule has 2 aromatic rings. The number of aromatic amines is 1. The van der Waals surface area contributed by atoms with E-state index < -0.39 is 0 Å². The predicted molar refractivity (Wildman–Crippen MR) is 89.3 cm³/mol. The van der Waals surface area contributed by atoms with Crippen LogP contribution in [0.3, 0.4) is 0 Å². The van der Waals surface area contributed by atoms with Gasteiger partial charge in [-0.05, 0) is 36.8 Å². The Morgan fingerprint density at radius 1 is 1.39 bits per heavy atom. The number of aryl methyl sites for hydroxylation is 1. The summed E-state index contributed by atoms with van der Waals surface area (Å²) in [4.78, 5) is 12.1. The van der Waals surface area contributed by atoms with Crippen molar-refractivity contribution in [2.75, 3.05) is 19.8 Å². The van der Waals surface area contributed by atoms with Gasteiger partial charge in [0, 0.05) is 25.3 Å². The topological polar surface area (TPSA) is 67.0 Å². The van der Waals surface area contributed by atoms with Crippen molar-refractivity contribution in [1.29, 1.82) is 0 Å². The van der Waals surface area contributed by atoms with E-state index >= 15 is 0 Å². The second-order valence-corrected chi connectivity index (χ2v) is 5.99. The number of rotatable bonds is 6. The molecule has 1 aromatic heterocycles. The van der Waals surface area contributed by atoms with E-state index in [1.165, 1.54) is 5.56 Å². The monoisotopic (exact) mass is 313 g/mol. The highest BCUT2D eigenvalue weighted by Crippen LogP contribution is 2.19. The molecule has 0 radical (unpaired) electrons. The third kappa shape index (κ3) is 3.99. The van der Waals surface area contributed by atoms with E-state index in [9.17, 15) is 4.79 Å². The maximum absolute atomic E-state index is 12.1. The van der Waals surface area contributed by atoms with Gasteiger partial charge < -0.3 is 10.1 Å². The van der Waals surface area contributed by atoms with Crippen LogP contribution < -0.4 is 5.32 Å². The molecular formula is C18H23N3O2. The van der Waals surface area contributed by atoms with Crippen molar-refractivity contribution >= 4 is 5.91 Å². The quantitative estimate of drug-likeness (QED) is 0.862. The van der Waals surface area contributed by atoms with Crippen LogP contribution in [-0.4, -0.2) is 35.9 Å². The van der Waals surface area contributed by atoms with Crippen molar-refractivity contribution in [3.05, 3.63) is 41.6 Å². The Morgan fingerprint density at radius 2 is 2.22 bits per heavy atom. The second-order valence-electron chi connectivity index (χ2n) is 5.99. The highest BCUT2D eigenvalue weighted by Gasteiger charge is 2.16. The van der Waals surface area contributed by atoms with Crippen LogP contribution in [0.25, 0.3) is 11.3 Å². The van der Waals surface area contributed by atoms with Gasteiger partial charge in [0.25, 0.3) is 5.91 Å². The zero-order valence-electron chi connectivity index (χ0n) is 13.5. The van der Waals surface area contributed by atoms with Crippen LogP contribution >= 0.6 is 0 Å². The number of amides is 1. The fourth-order valence-corrected chi connectivity index (χ4v) is 2.79. The SMILES string of the molecule is CCc1ccc(-c2cc(C(=O)NCC[C@H]3CCOC3)[nH]n2)cc1. The number of carbonyl (C=O) groups excluding carboxylic acids is 1. The summed E-state index contributed by atoms with van der Waals surface area (Å²) >= 11 is 0. The standard InChI is InChI=1S/C18H23N3O2/c1-2-13-3-5-15(6-4-13)16-11-17(21-20-16)18(22)19-9-7-14-8-10-23-12-14/h3-6,11,14H,2,7-10,12H2,1H3,(H,19,22)(H,20,21)/t14-/m0/s1. The molecule has 5 heteroatoms. The fraction of sp³-hybridized carbons (Fsp3) is 0.444. The first-order chi connectivity index (χ1) is 11.3. The zero-order chi connectivity index (χ0) is 16.1. The first-order valence-electron chi connectivity index (χ1n) is 8.27. The second kappa shape index (κ2) is 7.42. The van der Waals surface area contributed by atoms with Gasteiger partial charge in [-0.1, -0.05) is 31.2 Å². The molecule has 1 fully saturated rings. The van der Waals surface area contributed by atoms with Crippen LogP contribution in [0.15, 0.2) is 30.3 Å². The van der Waals surface area contributed by atoms with Gasteiger partial charge in [0.15, 0.2) is 0 Å². The zero-order valence-corrected chi connectivity index (χ0v) is 13.5. The van der Waals surface area contributed by atoms with Gasteiger partial charge in [0.05, 0.1) is 5.69 Å². The first-order valence-corrected chi connectivity index (χ1v) is 8.27. The van der Waals surface area contributed by atoms with Crippen LogP contribution in [0.2, 0.25) is 0 Å². The summed E-state index contributed by atoms with van der Waals surface area (Å²) in [6, 6.07) is 10.1. The molecule has 5 nitrogen and oxygen atoms in total. The molecule has 122 valence electrons. The van der Waals surface area contributed by atoms with Gasteiger partial charge >= 0.3 is 0 Å². The first kappa shape index (κ1) is 15.7. The molecule has 0 saturated carbocycles. The van der Waals surface area contributed by atoms with Crippen molar-refractivity contribution in [2.45, 2.75) is 26.2 Å². The number of hydrogen-bond acceptors (Lipinski definition) is 3. The minimum absolute atomic E-state index is 0.104. The third-order valence-electron chi connectivity index (χ3n) is 4.34. The predicted octanol–water partition coefficient (Wildman–Crippen LogP) is 2.80. The molecule has 23 heavy (non-hydrogen) atoms. The number of nitrogens with one attached hydrogen (secondary N) is 2. The Labute approximate surface area is 136 Å². The van der Waals surface area contributed by atoms with Crippen LogP contribution in [0.1, 0.15) is 35.8 Å². The maximum Gasteiger partial charge on any atom is 0.269 e. The normalized spacial score (nSPS) is 17.3. The summed E-state index contributed by atoms with van der Waals surface area (Å²) < 4.78 is 5.34. The maximum atomic E-state index is 12.1. The summed E-state index contributed by atoms with van der Waals surface area (Å²) in [5, 5.41) is 10.0.